The summed E-state index contributed by atoms with van der Waals surface area (Å²) in [5.41, 5.74) is 9.56. The molecule has 0 spiro atoms. The summed E-state index contributed by atoms with van der Waals surface area (Å²) in [5.74, 6) is -0.435. The normalized spacial score (nSPS) is 25.0. The lowest BCUT2D eigenvalue weighted by atomic mass is 9.99. The van der Waals surface area contributed by atoms with Gasteiger partial charge in [0.15, 0.2) is 6.10 Å². The fourth-order valence-electron chi connectivity index (χ4n) is 4.65. The quantitative estimate of drug-likeness (QED) is 0.625. The van der Waals surface area contributed by atoms with E-state index < -0.39 is 11.9 Å². The first-order valence-electron chi connectivity index (χ1n) is 10.7. The molecule has 1 aromatic carbocycles. The third-order valence-electron chi connectivity index (χ3n) is 6.30. The molecule has 0 radical (unpaired) electrons. The molecule has 3 atom stereocenters. The number of halogens is 1. The lowest BCUT2D eigenvalue weighted by Gasteiger charge is -2.22. The van der Waals surface area contributed by atoms with Gasteiger partial charge in [-0.25, -0.2) is 9.18 Å². The maximum Gasteiger partial charge on any atom is 0.415 e. The minimum atomic E-state index is -0.459. The topological polar surface area (TPSA) is 112 Å². The van der Waals surface area contributed by atoms with E-state index in [2.05, 4.69) is 21.1 Å². The van der Waals surface area contributed by atoms with Crippen molar-refractivity contribution in [3.63, 3.8) is 0 Å². The summed E-state index contributed by atoms with van der Waals surface area (Å²) in [7, 11) is 0. The zero-order valence-electron chi connectivity index (χ0n) is 17.4. The van der Waals surface area contributed by atoms with Crippen LogP contribution in [0.2, 0.25) is 0 Å². The average Bonchev–Trinajstić information content (AvgIpc) is 3.60. The number of carbonyl (C=O) groups excluding carboxylic acids is 1. The standard InChI is InChI=1S/C22H21FN6O4/c23-16-8-19-13(6-20-21(32-22(31)29(19)20)10-28-4-3-25-27-28)5-15(16)12-1-2-17(24-9-12)18-7-14(11-30)33-26-18/h1-5,8-9,14,20-21,25,27,30H,6-7,10-11H2/t14-,20-,21-/m0/s1. The fourth-order valence-corrected chi connectivity index (χ4v) is 4.65. The van der Waals surface area contributed by atoms with Gasteiger partial charge in [0.2, 0.25) is 0 Å². The molecule has 6 rings (SSSR count). The Morgan fingerprint density at radius 2 is 2.18 bits per heavy atom. The largest absolute Gasteiger partial charge is 0.442 e. The van der Waals surface area contributed by atoms with Crippen LogP contribution in [-0.4, -0.2) is 58.3 Å². The number of aliphatic hydroxyl groups is 1. The van der Waals surface area contributed by atoms with Gasteiger partial charge in [-0.3, -0.25) is 14.9 Å². The van der Waals surface area contributed by atoms with Crippen molar-refractivity contribution in [2.75, 3.05) is 18.1 Å². The molecular formula is C22H21FN6O4. The lowest BCUT2D eigenvalue weighted by molar-refractivity contribution is 0.0390. The number of nitrogens with one attached hydrogen (secondary N) is 2. The predicted molar refractivity (Wildman–Crippen MR) is 115 cm³/mol. The monoisotopic (exact) mass is 452 g/mol. The number of nitrogens with zero attached hydrogens (tertiary/aromatic N) is 4. The number of aromatic nitrogens is 1. The van der Waals surface area contributed by atoms with Gasteiger partial charge in [0.05, 0.1) is 30.6 Å². The second-order valence-electron chi connectivity index (χ2n) is 8.33. The van der Waals surface area contributed by atoms with E-state index in [9.17, 15) is 9.90 Å². The van der Waals surface area contributed by atoms with Crippen molar-refractivity contribution in [2.45, 2.75) is 31.1 Å². The predicted octanol–water partition coefficient (Wildman–Crippen LogP) is 1.42. The number of ether oxygens (including phenoxy) is 1. The van der Waals surface area contributed by atoms with Crippen molar-refractivity contribution in [3.05, 3.63) is 59.9 Å². The number of fused-ring (bicyclic) bond motifs is 3. The van der Waals surface area contributed by atoms with Crippen molar-refractivity contribution >= 4 is 17.5 Å². The van der Waals surface area contributed by atoms with Gasteiger partial charge in [0, 0.05) is 36.1 Å². The van der Waals surface area contributed by atoms with Crippen LogP contribution < -0.4 is 15.9 Å². The van der Waals surface area contributed by atoms with E-state index in [0.29, 0.717) is 47.6 Å². The first kappa shape index (κ1) is 19.9. The molecule has 2 aromatic rings. The number of pyridine rings is 1. The molecule has 1 saturated heterocycles. The second-order valence-corrected chi connectivity index (χ2v) is 8.33. The summed E-state index contributed by atoms with van der Waals surface area (Å²) in [6.07, 6.45) is 5.05. The molecule has 0 saturated carbocycles. The Hall–Kier alpha value is -3.70. The van der Waals surface area contributed by atoms with Crippen LogP contribution in [0.3, 0.4) is 0 Å². The Kier molecular flexibility index (Phi) is 4.66. The molecule has 1 amide bonds. The first-order valence-corrected chi connectivity index (χ1v) is 10.7. The molecule has 0 unspecified atom stereocenters. The van der Waals surface area contributed by atoms with Crippen molar-refractivity contribution < 1.29 is 23.9 Å². The number of oxime groups is 1. The molecular weight excluding hydrogens is 431 g/mol. The van der Waals surface area contributed by atoms with Crippen LogP contribution in [0.1, 0.15) is 17.7 Å². The molecule has 33 heavy (non-hydrogen) atoms. The van der Waals surface area contributed by atoms with Crippen LogP contribution in [0.4, 0.5) is 14.9 Å². The van der Waals surface area contributed by atoms with Gasteiger partial charge in [0.25, 0.3) is 0 Å². The SMILES string of the molecule is O=C1O[C@@H](CN2C=CNN2)[C@@H]2Cc3cc(-c4ccc(C5=NO[C@H](CO)C5)nc4)c(F)cc3N12. The third kappa shape index (κ3) is 3.36. The number of cyclic esters (lactones) is 1. The fraction of sp³-hybridized carbons (Fsp3) is 0.318. The number of anilines is 1. The number of rotatable bonds is 5. The Morgan fingerprint density at radius 1 is 1.27 bits per heavy atom. The highest BCUT2D eigenvalue weighted by Crippen LogP contribution is 2.41. The molecule has 0 bridgehead atoms. The number of carbonyl (C=O) groups is 1. The van der Waals surface area contributed by atoms with Gasteiger partial charge in [-0.15, -0.1) is 5.53 Å². The van der Waals surface area contributed by atoms with Crippen LogP contribution in [-0.2, 0) is 16.0 Å². The Bertz CT molecular complexity index is 1170. The summed E-state index contributed by atoms with van der Waals surface area (Å²) < 4.78 is 20.7. The van der Waals surface area contributed by atoms with E-state index in [4.69, 9.17) is 9.57 Å². The number of hydrazine groups is 2. The molecule has 0 aliphatic carbocycles. The number of aliphatic hydroxyl groups excluding tert-OH is 1. The van der Waals surface area contributed by atoms with E-state index >= 15 is 4.39 Å². The van der Waals surface area contributed by atoms with Crippen molar-refractivity contribution in [1.82, 2.24) is 21.0 Å². The molecule has 5 heterocycles. The number of hydrogen-bond donors (Lipinski definition) is 3. The summed E-state index contributed by atoms with van der Waals surface area (Å²) in [4.78, 5) is 23.6. The Balaban J connectivity index is 1.24. The van der Waals surface area contributed by atoms with Gasteiger partial charge in [-0.2, -0.15) is 0 Å². The zero-order chi connectivity index (χ0) is 22.5. The minimum absolute atomic E-state index is 0.111. The molecule has 1 fully saturated rings. The minimum Gasteiger partial charge on any atom is -0.442 e. The van der Waals surface area contributed by atoms with Crippen LogP contribution in [0.15, 0.2) is 48.0 Å². The van der Waals surface area contributed by atoms with Gasteiger partial charge in [0.1, 0.15) is 17.6 Å². The molecule has 4 aliphatic heterocycles. The second kappa shape index (κ2) is 7.71. The lowest BCUT2D eigenvalue weighted by Crippen LogP contribution is -2.44. The van der Waals surface area contributed by atoms with E-state index in [1.807, 2.05) is 6.20 Å². The van der Waals surface area contributed by atoms with Crippen LogP contribution in [0.5, 0.6) is 0 Å². The Morgan fingerprint density at radius 3 is 2.91 bits per heavy atom. The average molecular weight is 452 g/mol. The number of benzene rings is 1. The van der Waals surface area contributed by atoms with E-state index in [-0.39, 0.29) is 24.9 Å². The van der Waals surface area contributed by atoms with Gasteiger partial charge in [-0.05, 0) is 30.2 Å². The summed E-state index contributed by atoms with van der Waals surface area (Å²) in [6.45, 7) is 0.357. The highest BCUT2D eigenvalue weighted by molar-refractivity contribution is 6.00. The Labute approximate surface area is 188 Å². The smallest absolute Gasteiger partial charge is 0.415 e. The maximum absolute atomic E-state index is 15.1. The van der Waals surface area contributed by atoms with Crippen LogP contribution >= 0.6 is 0 Å². The number of amides is 1. The molecule has 170 valence electrons. The molecule has 11 heteroatoms. The van der Waals surface area contributed by atoms with E-state index in [0.717, 1.165) is 5.56 Å². The number of hydrogen-bond acceptors (Lipinski definition) is 9. The highest BCUT2D eigenvalue weighted by atomic mass is 19.1. The molecule has 1 aromatic heterocycles. The van der Waals surface area contributed by atoms with Crippen molar-refractivity contribution in [1.29, 1.82) is 0 Å². The maximum atomic E-state index is 15.1. The molecule has 4 aliphatic rings. The summed E-state index contributed by atoms with van der Waals surface area (Å²) in [5, 5.41) is 15.0. The van der Waals surface area contributed by atoms with Gasteiger partial charge < -0.3 is 20.1 Å². The third-order valence-corrected chi connectivity index (χ3v) is 6.30. The zero-order valence-corrected chi connectivity index (χ0v) is 17.4. The van der Waals surface area contributed by atoms with Gasteiger partial charge in [-0.1, -0.05) is 11.2 Å². The molecule has 10 nitrogen and oxygen atoms in total. The van der Waals surface area contributed by atoms with E-state index in [1.165, 1.54) is 6.07 Å². The van der Waals surface area contributed by atoms with Crippen LogP contribution in [0.25, 0.3) is 11.1 Å². The summed E-state index contributed by atoms with van der Waals surface area (Å²) in [6, 6.07) is 6.54. The van der Waals surface area contributed by atoms with Crippen molar-refractivity contribution in [3.8, 4) is 11.1 Å². The summed E-state index contributed by atoms with van der Waals surface area (Å²) >= 11 is 0. The van der Waals surface area contributed by atoms with Crippen molar-refractivity contribution in [2.24, 2.45) is 5.16 Å². The first-order chi connectivity index (χ1) is 16.1. The highest BCUT2D eigenvalue weighted by Gasteiger charge is 2.48. The molecule has 3 N–H and O–H groups in total. The van der Waals surface area contributed by atoms with Gasteiger partial charge >= 0.3 is 6.09 Å². The van der Waals surface area contributed by atoms with E-state index in [1.54, 1.807) is 40.5 Å². The van der Waals surface area contributed by atoms with Crippen LogP contribution in [0, 0.1) is 5.82 Å².